The van der Waals surface area contributed by atoms with Gasteiger partial charge in [0, 0.05) is 13.1 Å². The first-order chi connectivity index (χ1) is 5.68. The highest BCUT2D eigenvalue weighted by molar-refractivity contribution is 6.21. The fraction of sp³-hybridized carbons (Fsp3) is 1.00. The van der Waals surface area contributed by atoms with Gasteiger partial charge in [0.25, 0.3) is 0 Å². The van der Waals surface area contributed by atoms with Crippen LogP contribution in [0, 0.1) is 11.8 Å². The molecule has 3 heteroatoms. The summed E-state index contributed by atoms with van der Waals surface area (Å²) in [5.41, 5.74) is -0.0365. The summed E-state index contributed by atoms with van der Waals surface area (Å²) in [4.78, 5) is 2.36. The quantitative estimate of drug-likeness (QED) is 0.463. The number of hydrogen-bond donors (Lipinski definition) is 0. The fourth-order valence-electron chi connectivity index (χ4n) is 1.87. The molecule has 0 radical (unpaired) electrons. The van der Waals surface area contributed by atoms with E-state index in [1.807, 2.05) is 0 Å². The van der Waals surface area contributed by atoms with E-state index in [2.05, 4.69) is 18.7 Å². The summed E-state index contributed by atoms with van der Waals surface area (Å²) in [6.07, 6.45) is 1.51. The Bertz CT molecular complexity index is 176. The summed E-state index contributed by atoms with van der Waals surface area (Å²) in [7, 11) is 0. The molecule has 0 spiro atoms. The molecule has 0 aromatic carbocycles. The van der Waals surface area contributed by atoms with Gasteiger partial charge in [-0.1, -0.05) is 25.4 Å². The zero-order valence-electron chi connectivity index (χ0n) is 7.66. The second-order valence-electron chi connectivity index (χ2n) is 4.12. The molecule has 2 rings (SSSR count). The average Bonchev–Trinajstić information content (AvgIpc) is 2.73. The third-order valence-electron chi connectivity index (χ3n) is 3.14. The van der Waals surface area contributed by atoms with Gasteiger partial charge in [-0.3, -0.25) is 4.90 Å². The van der Waals surface area contributed by atoms with E-state index >= 15 is 0 Å². The maximum Gasteiger partial charge on any atom is 0.172 e. The number of piperidine rings is 1. The van der Waals surface area contributed by atoms with E-state index < -0.39 is 0 Å². The lowest BCUT2D eigenvalue weighted by molar-refractivity contribution is 0.0906. The van der Waals surface area contributed by atoms with Crippen molar-refractivity contribution in [2.24, 2.45) is 11.8 Å². The van der Waals surface area contributed by atoms with Crippen molar-refractivity contribution in [2.75, 3.05) is 13.1 Å². The number of rotatable bonds is 1. The summed E-state index contributed by atoms with van der Waals surface area (Å²) in [5.74, 6) is 1.64. The maximum atomic E-state index is 5.81. The number of hydrogen-bond acceptors (Lipinski definition) is 2. The second kappa shape index (κ2) is 3.17. The first kappa shape index (κ1) is 8.79. The van der Waals surface area contributed by atoms with Crippen molar-refractivity contribution >= 4 is 11.6 Å². The van der Waals surface area contributed by atoms with Gasteiger partial charge in [0.15, 0.2) is 11.8 Å². The fourth-order valence-corrected chi connectivity index (χ4v) is 2.13. The predicted octanol–water partition coefficient (Wildman–Crippen LogP) is 1.89. The maximum absolute atomic E-state index is 5.81. The van der Waals surface area contributed by atoms with Crippen LogP contribution in [0.1, 0.15) is 20.3 Å². The van der Waals surface area contributed by atoms with Gasteiger partial charge >= 0.3 is 0 Å². The Balaban J connectivity index is 1.86. The number of likely N-dealkylation sites (tertiary alicyclic amines) is 1. The van der Waals surface area contributed by atoms with Gasteiger partial charge in [0.2, 0.25) is 0 Å². The monoisotopic (exact) mass is 189 g/mol. The molecule has 0 amide bonds. The van der Waals surface area contributed by atoms with Crippen LogP contribution in [-0.4, -0.2) is 29.8 Å². The third kappa shape index (κ3) is 1.61. The largest absolute Gasteiger partial charge is 0.336 e. The van der Waals surface area contributed by atoms with Crippen LogP contribution >= 0.6 is 11.6 Å². The van der Waals surface area contributed by atoms with Crippen LogP contribution in [0.2, 0.25) is 0 Å². The number of alkyl halides is 1. The highest BCUT2D eigenvalue weighted by atomic mass is 35.5. The first-order valence-electron chi connectivity index (χ1n) is 4.72. The van der Waals surface area contributed by atoms with Crippen LogP contribution in [0.3, 0.4) is 0 Å². The molecule has 0 saturated carbocycles. The summed E-state index contributed by atoms with van der Waals surface area (Å²) in [6.45, 7) is 6.94. The lowest BCUT2D eigenvalue weighted by atomic mass is 9.89. The smallest absolute Gasteiger partial charge is 0.172 e. The van der Waals surface area contributed by atoms with Gasteiger partial charge < -0.3 is 4.74 Å². The Kier molecular flexibility index (Phi) is 2.32. The van der Waals surface area contributed by atoms with E-state index in [0.717, 1.165) is 24.9 Å². The van der Waals surface area contributed by atoms with Gasteiger partial charge in [-0.2, -0.15) is 0 Å². The van der Waals surface area contributed by atoms with Gasteiger partial charge in [0.1, 0.15) is 0 Å². The highest BCUT2D eigenvalue weighted by Crippen LogP contribution is 2.33. The summed E-state index contributed by atoms with van der Waals surface area (Å²) >= 11 is 5.81. The topological polar surface area (TPSA) is 15.8 Å². The van der Waals surface area contributed by atoms with Crippen molar-refractivity contribution in [3.05, 3.63) is 0 Å². The molecular formula is C9H16ClNO. The van der Waals surface area contributed by atoms with Crippen molar-refractivity contribution < 1.29 is 4.74 Å². The first-order valence-corrected chi connectivity index (χ1v) is 5.15. The van der Waals surface area contributed by atoms with Gasteiger partial charge in [-0.15, -0.1) is 0 Å². The molecule has 2 saturated heterocycles. The van der Waals surface area contributed by atoms with Crippen molar-refractivity contribution in [1.82, 2.24) is 4.90 Å². The molecule has 4 unspecified atom stereocenters. The molecule has 4 atom stereocenters. The number of halogens is 1. The van der Waals surface area contributed by atoms with Crippen molar-refractivity contribution in [3.8, 4) is 0 Å². The van der Waals surface area contributed by atoms with Crippen molar-refractivity contribution in [2.45, 2.75) is 32.1 Å². The molecule has 0 bridgehead atoms. The normalized spacial score (nSPS) is 49.2. The molecule has 0 aliphatic carbocycles. The molecule has 2 fully saturated rings. The number of epoxide rings is 1. The van der Waals surface area contributed by atoms with Crippen LogP contribution in [-0.2, 0) is 4.74 Å². The van der Waals surface area contributed by atoms with E-state index in [9.17, 15) is 0 Å². The Labute approximate surface area is 78.8 Å². The zero-order chi connectivity index (χ0) is 8.72. The minimum atomic E-state index is -0.0365. The van der Waals surface area contributed by atoms with Gasteiger partial charge in [-0.25, -0.2) is 0 Å². The minimum Gasteiger partial charge on any atom is -0.336 e. The minimum absolute atomic E-state index is 0.0365. The average molecular weight is 190 g/mol. The van der Waals surface area contributed by atoms with E-state index in [1.54, 1.807) is 0 Å². The van der Waals surface area contributed by atoms with Crippen molar-refractivity contribution in [3.63, 3.8) is 0 Å². The Morgan fingerprint density at radius 2 is 2.00 bits per heavy atom. The molecule has 70 valence electrons. The molecule has 0 aromatic rings. The zero-order valence-corrected chi connectivity index (χ0v) is 8.42. The van der Waals surface area contributed by atoms with Crippen molar-refractivity contribution in [1.29, 1.82) is 0 Å². The van der Waals surface area contributed by atoms with Crippen LogP contribution in [0.25, 0.3) is 0 Å². The van der Waals surface area contributed by atoms with Gasteiger partial charge in [-0.05, 0) is 18.3 Å². The molecule has 12 heavy (non-hydrogen) atoms. The molecule has 2 nitrogen and oxygen atoms in total. The second-order valence-corrected chi connectivity index (χ2v) is 4.55. The van der Waals surface area contributed by atoms with Crippen LogP contribution in [0.15, 0.2) is 0 Å². The van der Waals surface area contributed by atoms with Crippen LogP contribution < -0.4 is 0 Å². The molecule has 2 aliphatic rings. The highest BCUT2D eigenvalue weighted by Gasteiger charge is 2.43. The number of ether oxygens (including phenoxy) is 1. The predicted molar refractivity (Wildman–Crippen MR) is 49.0 cm³/mol. The lowest BCUT2D eigenvalue weighted by Gasteiger charge is -2.34. The van der Waals surface area contributed by atoms with E-state index in [0.29, 0.717) is 0 Å². The van der Waals surface area contributed by atoms with E-state index in [-0.39, 0.29) is 11.8 Å². The molecule has 0 aromatic heterocycles. The van der Waals surface area contributed by atoms with Crippen LogP contribution in [0.5, 0.6) is 0 Å². The molecule has 0 N–H and O–H groups in total. The van der Waals surface area contributed by atoms with E-state index in [4.69, 9.17) is 16.3 Å². The molecule has 2 aliphatic heterocycles. The lowest BCUT2D eigenvalue weighted by Crippen LogP contribution is -2.40. The standard InChI is InChI=1S/C9H16ClNO/c1-6-3-4-11(5-7(6)2)9-8(10)12-9/h6-9H,3-5H2,1-2H3. The van der Waals surface area contributed by atoms with Gasteiger partial charge in [0.05, 0.1) is 0 Å². The Hall–Kier alpha value is 0.210. The third-order valence-corrected chi connectivity index (χ3v) is 3.46. The van der Waals surface area contributed by atoms with E-state index in [1.165, 1.54) is 6.42 Å². The Morgan fingerprint density at radius 3 is 2.50 bits per heavy atom. The van der Waals surface area contributed by atoms with Crippen LogP contribution in [0.4, 0.5) is 0 Å². The summed E-state index contributed by atoms with van der Waals surface area (Å²) < 4.78 is 5.23. The molecular weight excluding hydrogens is 174 g/mol. The summed E-state index contributed by atoms with van der Waals surface area (Å²) in [5, 5.41) is 0. The molecule has 2 heterocycles. The Morgan fingerprint density at radius 1 is 1.33 bits per heavy atom. The summed E-state index contributed by atoms with van der Waals surface area (Å²) in [6, 6.07) is 0. The number of nitrogens with zero attached hydrogens (tertiary/aromatic N) is 1. The SMILES string of the molecule is CC1CCN(C2OC2Cl)CC1C.